The first-order chi connectivity index (χ1) is 9.97. The molecule has 0 fully saturated rings. The van der Waals surface area contributed by atoms with Gasteiger partial charge in [-0.05, 0) is 30.3 Å². The van der Waals surface area contributed by atoms with E-state index in [-0.39, 0.29) is 29.1 Å². The average Bonchev–Trinajstić information content (AvgIpc) is 2.46. The van der Waals surface area contributed by atoms with Crippen molar-refractivity contribution in [3.63, 3.8) is 0 Å². The van der Waals surface area contributed by atoms with Gasteiger partial charge in [0.25, 0.3) is 11.6 Å². The zero-order chi connectivity index (χ0) is 15.4. The van der Waals surface area contributed by atoms with E-state index in [4.69, 9.17) is 0 Å². The molecule has 108 valence electrons. The van der Waals surface area contributed by atoms with Gasteiger partial charge in [-0.2, -0.15) is 0 Å². The van der Waals surface area contributed by atoms with Crippen LogP contribution in [0.25, 0.3) is 0 Å². The predicted molar refractivity (Wildman–Crippen MR) is 72.3 cm³/mol. The van der Waals surface area contributed by atoms with Crippen LogP contribution in [0.2, 0.25) is 0 Å². The number of rotatable bonds is 4. The molecule has 0 aromatic heterocycles. The van der Waals surface area contributed by atoms with Gasteiger partial charge in [-0.1, -0.05) is 0 Å². The van der Waals surface area contributed by atoms with E-state index in [0.29, 0.717) is 0 Å². The van der Waals surface area contributed by atoms with Gasteiger partial charge in [0.05, 0.1) is 4.92 Å². The Balaban J connectivity index is 2.09. The summed E-state index contributed by atoms with van der Waals surface area (Å²) in [7, 11) is 0. The molecular weight excluding hydrogens is 279 g/mol. The Hall–Kier alpha value is -2.96. The van der Waals surface area contributed by atoms with E-state index in [0.717, 1.165) is 12.1 Å². The number of benzene rings is 2. The number of hydrogen-bond acceptors (Lipinski definition) is 4. The molecule has 7 heteroatoms. The summed E-state index contributed by atoms with van der Waals surface area (Å²) < 4.78 is 12.7. The Labute approximate surface area is 119 Å². The molecule has 0 aliphatic heterocycles. The van der Waals surface area contributed by atoms with Crippen LogP contribution in [0.15, 0.2) is 42.5 Å². The van der Waals surface area contributed by atoms with Gasteiger partial charge in [-0.15, -0.1) is 0 Å². The van der Waals surface area contributed by atoms with E-state index in [1.54, 1.807) is 0 Å². The standard InChI is InChI=1S/C14H11FN2O4/c15-11-3-1-9(2-4-11)14(19)16-8-10-7-12(17(20)21)5-6-13(10)18/h1-7,18H,8H2,(H,16,19). The van der Waals surface area contributed by atoms with Gasteiger partial charge in [0.2, 0.25) is 0 Å². The lowest BCUT2D eigenvalue weighted by molar-refractivity contribution is -0.384. The van der Waals surface area contributed by atoms with Crippen LogP contribution in [0.4, 0.5) is 10.1 Å². The molecule has 0 unspecified atom stereocenters. The minimum absolute atomic E-state index is 0.0796. The minimum atomic E-state index is -0.593. The Kier molecular flexibility index (Phi) is 4.13. The fourth-order valence-corrected chi connectivity index (χ4v) is 1.71. The molecule has 0 atom stereocenters. The molecule has 2 aromatic rings. The van der Waals surface area contributed by atoms with Crippen molar-refractivity contribution in [3.8, 4) is 5.75 Å². The lowest BCUT2D eigenvalue weighted by Crippen LogP contribution is -2.22. The van der Waals surface area contributed by atoms with Crippen LogP contribution in [-0.2, 0) is 6.54 Å². The first-order valence-electron chi connectivity index (χ1n) is 5.97. The summed E-state index contributed by atoms with van der Waals surface area (Å²) in [6.07, 6.45) is 0. The lowest BCUT2D eigenvalue weighted by atomic mass is 10.1. The normalized spacial score (nSPS) is 10.1. The van der Waals surface area contributed by atoms with Crippen LogP contribution < -0.4 is 5.32 Å². The molecule has 0 saturated carbocycles. The number of nitrogens with one attached hydrogen (secondary N) is 1. The third-order valence-corrected chi connectivity index (χ3v) is 2.82. The smallest absolute Gasteiger partial charge is 0.270 e. The van der Waals surface area contributed by atoms with Crippen LogP contribution in [0.5, 0.6) is 5.75 Å². The summed E-state index contributed by atoms with van der Waals surface area (Å²) in [6, 6.07) is 8.48. The maximum absolute atomic E-state index is 12.7. The van der Waals surface area contributed by atoms with Crippen molar-refractivity contribution in [3.05, 3.63) is 69.5 Å². The number of nitro benzene ring substituents is 1. The molecule has 2 aromatic carbocycles. The van der Waals surface area contributed by atoms with Gasteiger partial charge >= 0.3 is 0 Å². The highest BCUT2D eigenvalue weighted by molar-refractivity contribution is 5.94. The number of aromatic hydroxyl groups is 1. The third kappa shape index (κ3) is 3.53. The van der Waals surface area contributed by atoms with Crippen molar-refractivity contribution >= 4 is 11.6 Å². The molecule has 0 aliphatic rings. The van der Waals surface area contributed by atoms with Crippen molar-refractivity contribution in [2.24, 2.45) is 0 Å². The van der Waals surface area contributed by atoms with Gasteiger partial charge in [0, 0.05) is 29.8 Å². The van der Waals surface area contributed by atoms with Crippen molar-refractivity contribution in [1.29, 1.82) is 0 Å². The van der Waals surface area contributed by atoms with Gasteiger partial charge in [0.1, 0.15) is 11.6 Å². The van der Waals surface area contributed by atoms with Crippen molar-refractivity contribution in [2.45, 2.75) is 6.54 Å². The lowest BCUT2D eigenvalue weighted by Gasteiger charge is -2.07. The number of carbonyl (C=O) groups is 1. The molecule has 0 bridgehead atoms. The van der Waals surface area contributed by atoms with E-state index in [1.165, 1.54) is 30.3 Å². The SMILES string of the molecule is O=C(NCc1cc([N+](=O)[O-])ccc1O)c1ccc(F)cc1. The quantitative estimate of drug-likeness (QED) is 0.668. The Bertz CT molecular complexity index is 686. The second kappa shape index (κ2) is 6.00. The fourth-order valence-electron chi connectivity index (χ4n) is 1.71. The van der Waals surface area contributed by atoms with E-state index < -0.39 is 16.6 Å². The van der Waals surface area contributed by atoms with E-state index >= 15 is 0 Å². The van der Waals surface area contributed by atoms with Crippen LogP contribution in [0, 0.1) is 15.9 Å². The topological polar surface area (TPSA) is 92.5 Å². The minimum Gasteiger partial charge on any atom is -0.508 e. The molecule has 0 saturated heterocycles. The molecule has 0 spiro atoms. The molecule has 2 rings (SSSR count). The predicted octanol–water partition coefficient (Wildman–Crippen LogP) is 2.37. The fraction of sp³-hybridized carbons (Fsp3) is 0.0714. The molecule has 0 heterocycles. The van der Waals surface area contributed by atoms with Gasteiger partial charge in [0.15, 0.2) is 0 Å². The number of hydrogen-bond donors (Lipinski definition) is 2. The third-order valence-electron chi connectivity index (χ3n) is 2.82. The number of halogens is 1. The number of amides is 1. The highest BCUT2D eigenvalue weighted by Gasteiger charge is 2.12. The molecule has 0 aliphatic carbocycles. The molecular formula is C14H11FN2O4. The Morgan fingerprint density at radius 2 is 1.90 bits per heavy atom. The Morgan fingerprint density at radius 3 is 2.52 bits per heavy atom. The monoisotopic (exact) mass is 290 g/mol. The van der Waals surface area contributed by atoms with Gasteiger partial charge in [-0.3, -0.25) is 14.9 Å². The zero-order valence-electron chi connectivity index (χ0n) is 10.7. The summed E-state index contributed by atoms with van der Waals surface area (Å²) in [5.41, 5.74) is 0.291. The summed E-state index contributed by atoms with van der Waals surface area (Å²) in [4.78, 5) is 21.9. The summed E-state index contributed by atoms with van der Waals surface area (Å²) in [5, 5.41) is 22.8. The second-order valence-corrected chi connectivity index (χ2v) is 4.26. The van der Waals surface area contributed by atoms with Crippen LogP contribution >= 0.6 is 0 Å². The summed E-state index contributed by atoms with van der Waals surface area (Å²) in [5.74, 6) is -1.08. The van der Waals surface area contributed by atoms with Crippen molar-refractivity contribution in [1.82, 2.24) is 5.32 Å². The first kappa shape index (κ1) is 14.4. The number of non-ortho nitro benzene ring substituents is 1. The molecule has 6 nitrogen and oxygen atoms in total. The van der Waals surface area contributed by atoms with E-state index in [2.05, 4.69) is 5.32 Å². The number of phenols is 1. The van der Waals surface area contributed by atoms with Crippen molar-refractivity contribution in [2.75, 3.05) is 0 Å². The van der Waals surface area contributed by atoms with Gasteiger partial charge < -0.3 is 10.4 Å². The molecule has 1 amide bonds. The summed E-state index contributed by atoms with van der Waals surface area (Å²) >= 11 is 0. The average molecular weight is 290 g/mol. The maximum atomic E-state index is 12.7. The number of nitro groups is 1. The highest BCUT2D eigenvalue weighted by atomic mass is 19.1. The maximum Gasteiger partial charge on any atom is 0.270 e. The van der Waals surface area contributed by atoms with Crippen LogP contribution in [-0.4, -0.2) is 15.9 Å². The molecule has 2 N–H and O–H groups in total. The second-order valence-electron chi connectivity index (χ2n) is 4.26. The Morgan fingerprint density at radius 1 is 1.24 bits per heavy atom. The summed E-state index contributed by atoms with van der Waals surface area (Å²) in [6.45, 7) is -0.0796. The van der Waals surface area contributed by atoms with Crippen LogP contribution in [0.1, 0.15) is 15.9 Å². The zero-order valence-corrected chi connectivity index (χ0v) is 10.7. The van der Waals surface area contributed by atoms with Gasteiger partial charge in [-0.25, -0.2) is 4.39 Å². The first-order valence-corrected chi connectivity index (χ1v) is 5.97. The van der Waals surface area contributed by atoms with E-state index in [9.17, 15) is 24.4 Å². The van der Waals surface area contributed by atoms with E-state index in [1.807, 2.05) is 0 Å². The molecule has 0 radical (unpaired) electrons. The number of carbonyl (C=O) groups excluding carboxylic acids is 1. The number of phenolic OH excluding ortho intramolecular Hbond substituents is 1. The number of nitrogens with zero attached hydrogens (tertiary/aromatic N) is 1. The van der Waals surface area contributed by atoms with Crippen LogP contribution in [0.3, 0.4) is 0 Å². The van der Waals surface area contributed by atoms with Crippen molar-refractivity contribution < 1.29 is 19.2 Å². The highest BCUT2D eigenvalue weighted by Crippen LogP contribution is 2.22. The largest absolute Gasteiger partial charge is 0.508 e. The molecule has 21 heavy (non-hydrogen) atoms.